The number of nitrogens with zero attached hydrogens (tertiary/aromatic N) is 2. The Labute approximate surface area is 142 Å². The standard InChI is InChI=1S/C16H22N2O5S/c1-2-18(14-6-4-3-5-7-14)15(19)13-23-16(20)12-17-8-10-24(21,22)11-9-17/h3-7H,2,8-13H2,1H3. The number of ether oxygens (including phenoxy) is 1. The highest BCUT2D eigenvalue weighted by molar-refractivity contribution is 7.91. The third-order valence-electron chi connectivity index (χ3n) is 3.83. The van der Waals surface area contributed by atoms with Crippen molar-refractivity contribution in [1.29, 1.82) is 0 Å². The molecule has 0 radical (unpaired) electrons. The number of esters is 1. The maximum Gasteiger partial charge on any atom is 0.320 e. The molecule has 24 heavy (non-hydrogen) atoms. The Morgan fingerprint density at radius 1 is 1.17 bits per heavy atom. The van der Waals surface area contributed by atoms with Crippen LogP contribution in [0.25, 0.3) is 0 Å². The van der Waals surface area contributed by atoms with Gasteiger partial charge >= 0.3 is 5.97 Å². The number of likely N-dealkylation sites (N-methyl/N-ethyl adjacent to an activating group) is 1. The third-order valence-corrected chi connectivity index (χ3v) is 5.44. The van der Waals surface area contributed by atoms with Crippen LogP contribution in [0, 0.1) is 0 Å². The van der Waals surface area contributed by atoms with Crippen LogP contribution < -0.4 is 4.90 Å². The first-order valence-corrected chi connectivity index (χ1v) is 9.67. The third kappa shape index (κ3) is 5.31. The average Bonchev–Trinajstić information content (AvgIpc) is 2.57. The van der Waals surface area contributed by atoms with E-state index in [1.54, 1.807) is 9.80 Å². The van der Waals surface area contributed by atoms with Gasteiger partial charge in [-0.3, -0.25) is 14.5 Å². The van der Waals surface area contributed by atoms with E-state index in [4.69, 9.17) is 4.74 Å². The fourth-order valence-electron chi connectivity index (χ4n) is 2.47. The van der Waals surface area contributed by atoms with Crippen molar-refractivity contribution in [2.75, 3.05) is 49.2 Å². The number of carbonyl (C=O) groups is 2. The van der Waals surface area contributed by atoms with E-state index < -0.39 is 15.8 Å². The molecule has 0 N–H and O–H groups in total. The number of hydrogen-bond donors (Lipinski definition) is 0. The van der Waals surface area contributed by atoms with E-state index in [0.29, 0.717) is 19.6 Å². The Morgan fingerprint density at radius 2 is 1.79 bits per heavy atom. The van der Waals surface area contributed by atoms with E-state index in [9.17, 15) is 18.0 Å². The van der Waals surface area contributed by atoms with Gasteiger partial charge in [0.15, 0.2) is 16.4 Å². The molecule has 0 unspecified atom stereocenters. The summed E-state index contributed by atoms with van der Waals surface area (Å²) in [7, 11) is -2.98. The molecule has 0 bridgehead atoms. The Hall–Kier alpha value is -1.93. The molecule has 1 aromatic carbocycles. The van der Waals surface area contributed by atoms with Crippen molar-refractivity contribution in [3.8, 4) is 0 Å². The predicted octanol–water partition coefficient (Wildman–Crippen LogP) is 0.313. The summed E-state index contributed by atoms with van der Waals surface area (Å²) in [6.07, 6.45) is 0. The molecule has 8 heteroatoms. The molecular formula is C16H22N2O5S. The van der Waals surface area contributed by atoms with E-state index in [1.807, 2.05) is 37.3 Å². The molecule has 1 fully saturated rings. The largest absolute Gasteiger partial charge is 0.455 e. The van der Waals surface area contributed by atoms with E-state index in [1.165, 1.54) is 0 Å². The van der Waals surface area contributed by atoms with Crippen LogP contribution in [-0.4, -0.2) is 69.5 Å². The van der Waals surface area contributed by atoms with Gasteiger partial charge in [-0.05, 0) is 19.1 Å². The fourth-order valence-corrected chi connectivity index (χ4v) is 3.74. The van der Waals surface area contributed by atoms with Gasteiger partial charge in [-0.25, -0.2) is 8.42 Å². The lowest BCUT2D eigenvalue weighted by atomic mass is 10.3. The molecule has 0 aromatic heterocycles. The van der Waals surface area contributed by atoms with Crippen molar-refractivity contribution in [1.82, 2.24) is 4.90 Å². The van der Waals surface area contributed by atoms with Crippen LogP contribution in [0.1, 0.15) is 6.92 Å². The normalized spacial score (nSPS) is 17.2. The minimum absolute atomic E-state index is 0.000260. The number of para-hydroxylation sites is 1. The second-order valence-electron chi connectivity index (χ2n) is 5.56. The van der Waals surface area contributed by atoms with Crippen molar-refractivity contribution >= 4 is 27.4 Å². The molecule has 7 nitrogen and oxygen atoms in total. The van der Waals surface area contributed by atoms with Gasteiger partial charge in [-0.1, -0.05) is 18.2 Å². The number of hydrogen-bond acceptors (Lipinski definition) is 6. The second kappa shape index (κ2) is 8.25. The van der Waals surface area contributed by atoms with E-state index in [-0.39, 0.29) is 30.6 Å². The number of anilines is 1. The Morgan fingerprint density at radius 3 is 2.38 bits per heavy atom. The zero-order valence-electron chi connectivity index (χ0n) is 13.7. The molecule has 0 atom stereocenters. The molecule has 0 saturated carbocycles. The SMILES string of the molecule is CCN(C(=O)COC(=O)CN1CCS(=O)(=O)CC1)c1ccccc1. The van der Waals surface area contributed by atoms with E-state index in [0.717, 1.165) is 5.69 Å². The van der Waals surface area contributed by atoms with E-state index >= 15 is 0 Å². The highest BCUT2D eigenvalue weighted by atomic mass is 32.2. The fraction of sp³-hybridized carbons (Fsp3) is 0.500. The molecule has 1 amide bonds. The molecule has 0 spiro atoms. The Balaban J connectivity index is 1.79. The van der Waals surface area contributed by atoms with Crippen LogP contribution in [0.2, 0.25) is 0 Å². The van der Waals surface area contributed by atoms with Crippen molar-refractivity contribution in [3.63, 3.8) is 0 Å². The highest BCUT2D eigenvalue weighted by Gasteiger charge is 2.24. The lowest BCUT2D eigenvalue weighted by Gasteiger charge is -2.25. The van der Waals surface area contributed by atoms with Crippen LogP contribution in [0.3, 0.4) is 0 Å². The van der Waals surface area contributed by atoms with Gasteiger partial charge in [0, 0.05) is 25.3 Å². The van der Waals surface area contributed by atoms with Gasteiger partial charge in [0.05, 0.1) is 18.1 Å². The molecule has 0 aliphatic carbocycles. The molecule has 1 aliphatic heterocycles. The van der Waals surface area contributed by atoms with Crippen LogP contribution in [0.15, 0.2) is 30.3 Å². The van der Waals surface area contributed by atoms with Crippen LogP contribution >= 0.6 is 0 Å². The van der Waals surface area contributed by atoms with Crippen molar-refractivity contribution in [3.05, 3.63) is 30.3 Å². The summed E-state index contributed by atoms with van der Waals surface area (Å²) in [5.41, 5.74) is 0.752. The Kier molecular flexibility index (Phi) is 6.33. The second-order valence-corrected chi connectivity index (χ2v) is 7.87. The smallest absolute Gasteiger partial charge is 0.320 e. The summed E-state index contributed by atoms with van der Waals surface area (Å²) < 4.78 is 27.7. The van der Waals surface area contributed by atoms with Crippen LogP contribution in [0.4, 0.5) is 5.69 Å². The zero-order chi connectivity index (χ0) is 17.6. The minimum Gasteiger partial charge on any atom is -0.455 e. The summed E-state index contributed by atoms with van der Waals surface area (Å²) in [5, 5.41) is 0. The molecular weight excluding hydrogens is 332 g/mol. The van der Waals surface area contributed by atoms with Crippen molar-refractivity contribution < 1.29 is 22.7 Å². The molecule has 132 valence electrons. The minimum atomic E-state index is -2.98. The topological polar surface area (TPSA) is 84.0 Å². The summed E-state index contributed by atoms with van der Waals surface area (Å²) in [6.45, 7) is 2.63. The highest BCUT2D eigenvalue weighted by Crippen LogP contribution is 2.13. The van der Waals surface area contributed by atoms with Crippen LogP contribution in [-0.2, 0) is 24.2 Å². The first-order valence-electron chi connectivity index (χ1n) is 7.85. The number of sulfone groups is 1. The number of benzene rings is 1. The van der Waals surface area contributed by atoms with Gasteiger partial charge in [0.2, 0.25) is 0 Å². The number of rotatable bonds is 6. The molecule has 1 aromatic rings. The molecule has 1 saturated heterocycles. The number of carbonyl (C=O) groups excluding carboxylic acids is 2. The lowest BCUT2D eigenvalue weighted by Crippen LogP contribution is -2.43. The van der Waals surface area contributed by atoms with Gasteiger partial charge in [-0.2, -0.15) is 0 Å². The van der Waals surface area contributed by atoms with Crippen molar-refractivity contribution in [2.45, 2.75) is 6.92 Å². The van der Waals surface area contributed by atoms with Gasteiger partial charge in [0.25, 0.3) is 5.91 Å². The predicted molar refractivity (Wildman–Crippen MR) is 90.5 cm³/mol. The molecule has 1 heterocycles. The van der Waals surface area contributed by atoms with Crippen molar-refractivity contribution in [2.24, 2.45) is 0 Å². The molecule has 2 rings (SSSR count). The molecule has 1 aliphatic rings. The van der Waals surface area contributed by atoms with E-state index in [2.05, 4.69) is 0 Å². The Bertz CT molecular complexity index is 661. The summed E-state index contributed by atoms with van der Waals surface area (Å²) in [6, 6.07) is 9.17. The monoisotopic (exact) mass is 354 g/mol. The van der Waals surface area contributed by atoms with Gasteiger partial charge in [0.1, 0.15) is 0 Å². The maximum absolute atomic E-state index is 12.2. The van der Waals surface area contributed by atoms with Gasteiger partial charge in [-0.15, -0.1) is 0 Å². The lowest BCUT2D eigenvalue weighted by molar-refractivity contribution is -0.148. The summed E-state index contributed by atoms with van der Waals surface area (Å²) >= 11 is 0. The first-order chi connectivity index (χ1) is 11.4. The summed E-state index contributed by atoms with van der Waals surface area (Å²) in [4.78, 5) is 27.3. The maximum atomic E-state index is 12.2. The van der Waals surface area contributed by atoms with Gasteiger partial charge < -0.3 is 9.64 Å². The summed E-state index contributed by atoms with van der Waals surface area (Å²) in [5.74, 6) is -0.710. The quantitative estimate of drug-likeness (QED) is 0.684. The zero-order valence-corrected chi connectivity index (χ0v) is 14.5. The average molecular weight is 354 g/mol. The van der Waals surface area contributed by atoms with Crippen LogP contribution in [0.5, 0.6) is 0 Å². The first kappa shape index (κ1) is 18.4. The number of amides is 1.